The van der Waals surface area contributed by atoms with Crippen molar-refractivity contribution in [3.63, 3.8) is 0 Å². The second-order valence-corrected chi connectivity index (χ2v) is 6.00. The molecule has 0 aliphatic heterocycles. The van der Waals surface area contributed by atoms with Crippen LogP contribution in [0.3, 0.4) is 0 Å². The van der Waals surface area contributed by atoms with Crippen molar-refractivity contribution in [1.29, 1.82) is 0 Å². The fourth-order valence-electron chi connectivity index (χ4n) is 2.64. The van der Waals surface area contributed by atoms with Crippen molar-refractivity contribution in [3.05, 3.63) is 34.4 Å². The minimum absolute atomic E-state index is 0.0122. The Labute approximate surface area is 142 Å². The van der Waals surface area contributed by atoms with Gasteiger partial charge in [-0.25, -0.2) is 14.6 Å². The molecule has 0 unspecified atom stereocenters. The van der Waals surface area contributed by atoms with E-state index in [0.717, 1.165) is 41.3 Å². The van der Waals surface area contributed by atoms with E-state index >= 15 is 0 Å². The fourth-order valence-corrected chi connectivity index (χ4v) is 2.64. The lowest BCUT2D eigenvalue weighted by Gasteiger charge is -2.07. The monoisotopic (exact) mass is 330 g/mol. The van der Waals surface area contributed by atoms with Crippen LogP contribution in [0, 0.1) is 27.7 Å². The van der Waals surface area contributed by atoms with Gasteiger partial charge in [0.05, 0.1) is 12.1 Å². The highest BCUT2D eigenvalue weighted by Gasteiger charge is 2.17. The van der Waals surface area contributed by atoms with Crippen LogP contribution in [0.5, 0.6) is 0 Å². The summed E-state index contributed by atoms with van der Waals surface area (Å²) in [5.41, 5.74) is 4.47. The van der Waals surface area contributed by atoms with Gasteiger partial charge in [0.15, 0.2) is 0 Å². The Hall–Kier alpha value is -2.28. The first kappa shape index (κ1) is 18.1. The molecule has 0 aliphatic rings. The van der Waals surface area contributed by atoms with Crippen molar-refractivity contribution >= 4 is 5.91 Å². The first-order valence-electron chi connectivity index (χ1n) is 8.21. The highest BCUT2D eigenvalue weighted by Crippen LogP contribution is 2.17. The predicted molar refractivity (Wildman–Crippen MR) is 93.4 cm³/mol. The summed E-state index contributed by atoms with van der Waals surface area (Å²) >= 11 is 0. The average Bonchev–Trinajstić information content (AvgIpc) is 2.79. The molecule has 0 saturated carbocycles. The van der Waals surface area contributed by atoms with Crippen molar-refractivity contribution in [2.45, 2.75) is 40.5 Å². The van der Waals surface area contributed by atoms with E-state index in [1.54, 1.807) is 4.68 Å². The quantitative estimate of drug-likeness (QED) is 0.744. The summed E-state index contributed by atoms with van der Waals surface area (Å²) in [5.74, 6) is 0.562. The smallest absolute Gasteiger partial charge is 0.251 e. The second kappa shape index (κ2) is 8.01. The van der Waals surface area contributed by atoms with E-state index in [9.17, 15) is 4.79 Å². The van der Waals surface area contributed by atoms with E-state index in [2.05, 4.69) is 25.7 Å². The molecule has 2 aromatic rings. The SMILES string of the molecule is CNCCCNC(=O)Cc1c(C)nn(-c2nc(C)cc(C)n2)c1C. The third-order valence-electron chi connectivity index (χ3n) is 3.86. The lowest BCUT2D eigenvalue weighted by atomic mass is 10.1. The number of nitrogens with one attached hydrogen (secondary N) is 2. The van der Waals surface area contributed by atoms with Gasteiger partial charge in [0.1, 0.15) is 0 Å². The van der Waals surface area contributed by atoms with E-state index in [0.29, 0.717) is 18.9 Å². The van der Waals surface area contributed by atoms with Gasteiger partial charge in [0, 0.05) is 29.2 Å². The normalized spacial score (nSPS) is 10.9. The first-order valence-corrected chi connectivity index (χ1v) is 8.21. The van der Waals surface area contributed by atoms with Crippen LogP contribution in [0.2, 0.25) is 0 Å². The first-order chi connectivity index (χ1) is 11.4. The molecule has 1 amide bonds. The number of carbonyl (C=O) groups excluding carboxylic acids is 1. The van der Waals surface area contributed by atoms with E-state index in [1.165, 1.54) is 0 Å². The van der Waals surface area contributed by atoms with Gasteiger partial charge in [-0.1, -0.05) is 0 Å². The predicted octanol–water partition coefficient (Wildman–Crippen LogP) is 1.16. The van der Waals surface area contributed by atoms with Gasteiger partial charge >= 0.3 is 0 Å². The highest BCUT2D eigenvalue weighted by atomic mass is 16.1. The number of hydrogen-bond acceptors (Lipinski definition) is 5. The summed E-state index contributed by atoms with van der Waals surface area (Å²) in [5, 5.41) is 10.5. The zero-order valence-electron chi connectivity index (χ0n) is 15.1. The highest BCUT2D eigenvalue weighted by molar-refractivity contribution is 5.79. The number of hydrogen-bond donors (Lipinski definition) is 2. The summed E-state index contributed by atoms with van der Waals surface area (Å²) in [7, 11) is 1.90. The Bertz CT molecular complexity index is 702. The minimum Gasteiger partial charge on any atom is -0.356 e. The molecule has 2 rings (SSSR count). The van der Waals surface area contributed by atoms with Crippen molar-refractivity contribution < 1.29 is 4.79 Å². The van der Waals surface area contributed by atoms with Crippen LogP contribution in [0.15, 0.2) is 6.07 Å². The van der Waals surface area contributed by atoms with Crippen LogP contribution >= 0.6 is 0 Å². The number of carbonyl (C=O) groups is 1. The van der Waals surface area contributed by atoms with Crippen LogP contribution in [0.1, 0.15) is 34.8 Å². The minimum atomic E-state index is 0.0122. The lowest BCUT2D eigenvalue weighted by molar-refractivity contribution is -0.120. The number of aryl methyl sites for hydroxylation is 3. The zero-order valence-corrected chi connectivity index (χ0v) is 15.1. The average molecular weight is 330 g/mol. The maximum absolute atomic E-state index is 12.1. The van der Waals surface area contributed by atoms with Crippen molar-refractivity contribution in [3.8, 4) is 5.95 Å². The molecule has 7 heteroatoms. The molecule has 24 heavy (non-hydrogen) atoms. The zero-order chi connectivity index (χ0) is 17.7. The van der Waals surface area contributed by atoms with E-state index in [-0.39, 0.29) is 5.91 Å². The molecule has 0 radical (unpaired) electrons. The second-order valence-electron chi connectivity index (χ2n) is 6.00. The third-order valence-corrected chi connectivity index (χ3v) is 3.86. The molecular formula is C17H26N6O. The maximum Gasteiger partial charge on any atom is 0.251 e. The largest absolute Gasteiger partial charge is 0.356 e. The van der Waals surface area contributed by atoms with Crippen LogP contribution in [0.25, 0.3) is 5.95 Å². The molecule has 2 N–H and O–H groups in total. The summed E-state index contributed by atoms with van der Waals surface area (Å²) < 4.78 is 1.72. The van der Waals surface area contributed by atoms with Gasteiger partial charge in [-0.05, 0) is 53.8 Å². The Morgan fingerprint density at radius 3 is 2.42 bits per heavy atom. The van der Waals surface area contributed by atoms with Crippen LogP contribution < -0.4 is 10.6 Å². The molecule has 0 aliphatic carbocycles. The summed E-state index contributed by atoms with van der Waals surface area (Å²) in [4.78, 5) is 21.0. The number of nitrogens with zero attached hydrogens (tertiary/aromatic N) is 4. The molecule has 0 atom stereocenters. The van der Waals surface area contributed by atoms with Gasteiger partial charge in [0.25, 0.3) is 5.95 Å². The van der Waals surface area contributed by atoms with E-state index in [4.69, 9.17) is 0 Å². The van der Waals surface area contributed by atoms with Crippen LogP contribution in [-0.4, -0.2) is 45.8 Å². The topological polar surface area (TPSA) is 84.7 Å². The number of aromatic nitrogens is 4. The molecule has 0 aromatic carbocycles. The fraction of sp³-hybridized carbons (Fsp3) is 0.529. The van der Waals surface area contributed by atoms with Gasteiger partial charge in [0.2, 0.25) is 5.91 Å². The third kappa shape index (κ3) is 4.38. The van der Waals surface area contributed by atoms with Crippen molar-refractivity contribution in [1.82, 2.24) is 30.4 Å². The Balaban J connectivity index is 2.15. The van der Waals surface area contributed by atoms with E-state index < -0.39 is 0 Å². The van der Waals surface area contributed by atoms with Gasteiger partial charge < -0.3 is 10.6 Å². The molecule has 7 nitrogen and oxygen atoms in total. The molecule has 2 aromatic heterocycles. The number of rotatable bonds is 7. The summed E-state index contributed by atoms with van der Waals surface area (Å²) in [6.45, 7) is 9.29. The van der Waals surface area contributed by atoms with Crippen LogP contribution in [-0.2, 0) is 11.2 Å². The van der Waals surface area contributed by atoms with Gasteiger partial charge in [-0.3, -0.25) is 4.79 Å². The molecule has 0 bridgehead atoms. The summed E-state index contributed by atoms with van der Waals surface area (Å²) in [6.07, 6.45) is 1.23. The van der Waals surface area contributed by atoms with E-state index in [1.807, 2.05) is 40.8 Å². The molecule has 2 heterocycles. The van der Waals surface area contributed by atoms with Crippen molar-refractivity contribution in [2.24, 2.45) is 0 Å². The molecule has 0 saturated heterocycles. The molecule has 0 spiro atoms. The van der Waals surface area contributed by atoms with Gasteiger partial charge in [-0.2, -0.15) is 5.10 Å². The molecular weight excluding hydrogens is 304 g/mol. The molecule has 130 valence electrons. The lowest BCUT2D eigenvalue weighted by Crippen LogP contribution is -2.28. The van der Waals surface area contributed by atoms with Crippen molar-refractivity contribution in [2.75, 3.05) is 20.1 Å². The Morgan fingerprint density at radius 2 is 1.79 bits per heavy atom. The molecule has 0 fully saturated rings. The maximum atomic E-state index is 12.1. The Kier molecular flexibility index (Phi) is 6.03. The Morgan fingerprint density at radius 1 is 1.12 bits per heavy atom. The summed E-state index contributed by atoms with van der Waals surface area (Å²) in [6, 6.07) is 1.93. The standard InChI is InChI=1S/C17H26N6O/c1-11-9-12(2)21-17(20-11)23-14(4)15(13(3)22-23)10-16(24)19-8-6-7-18-5/h9,18H,6-8,10H2,1-5H3,(H,19,24). The van der Waals surface area contributed by atoms with Gasteiger partial charge in [-0.15, -0.1) is 0 Å². The number of amides is 1. The van der Waals surface area contributed by atoms with Crippen LogP contribution in [0.4, 0.5) is 0 Å².